The van der Waals surface area contributed by atoms with Crippen molar-refractivity contribution in [2.24, 2.45) is 0 Å². The topological polar surface area (TPSA) is 53.4 Å². The Kier molecular flexibility index (Phi) is 5.58. The standard InChI is InChI=1S/C19H16F2N2O3/c20-19(21)26-17-8-6-14(7-9-17)13-25-18(24)10-15-11-22-23(12-15)16-4-2-1-3-5-16/h1-9,11-12,19H,10,13H2. The first-order valence-electron chi connectivity index (χ1n) is 7.88. The van der Waals surface area contributed by atoms with Gasteiger partial charge in [-0.05, 0) is 29.8 Å². The molecule has 0 atom stereocenters. The van der Waals surface area contributed by atoms with E-state index in [0.29, 0.717) is 5.56 Å². The zero-order chi connectivity index (χ0) is 18.4. The normalized spacial score (nSPS) is 10.7. The summed E-state index contributed by atoms with van der Waals surface area (Å²) in [6, 6.07) is 15.5. The summed E-state index contributed by atoms with van der Waals surface area (Å²) in [5, 5.41) is 4.22. The number of benzene rings is 2. The van der Waals surface area contributed by atoms with Crippen LogP contribution in [0.25, 0.3) is 5.69 Å². The predicted octanol–water partition coefficient (Wildman–Crippen LogP) is 3.76. The van der Waals surface area contributed by atoms with Gasteiger partial charge in [-0.3, -0.25) is 4.79 Å². The van der Waals surface area contributed by atoms with Gasteiger partial charge in [0.05, 0.1) is 18.3 Å². The number of ether oxygens (including phenoxy) is 2. The van der Waals surface area contributed by atoms with Crippen molar-refractivity contribution in [2.75, 3.05) is 0 Å². The predicted molar refractivity (Wildman–Crippen MR) is 90.1 cm³/mol. The van der Waals surface area contributed by atoms with E-state index in [-0.39, 0.29) is 18.8 Å². The fourth-order valence-electron chi connectivity index (χ4n) is 2.32. The molecular weight excluding hydrogens is 342 g/mol. The molecule has 0 radical (unpaired) electrons. The van der Waals surface area contributed by atoms with E-state index >= 15 is 0 Å². The number of alkyl halides is 2. The van der Waals surface area contributed by atoms with Gasteiger partial charge in [0.1, 0.15) is 12.4 Å². The maximum Gasteiger partial charge on any atom is 0.387 e. The molecule has 0 fully saturated rings. The first-order chi connectivity index (χ1) is 12.6. The average molecular weight is 358 g/mol. The van der Waals surface area contributed by atoms with Gasteiger partial charge >= 0.3 is 12.6 Å². The van der Waals surface area contributed by atoms with Crippen LogP contribution in [0.4, 0.5) is 8.78 Å². The van der Waals surface area contributed by atoms with Crippen molar-refractivity contribution in [3.05, 3.63) is 78.1 Å². The van der Waals surface area contributed by atoms with E-state index in [1.165, 1.54) is 12.1 Å². The number of carbonyl (C=O) groups is 1. The minimum Gasteiger partial charge on any atom is -0.461 e. The highest BCUT2D eigenvalue weighted by molar-refractivity contribution is 5.72. The number of halogens is 2. The first-order valence-corrected chi connectivity index (χ1v) is 7.88. The third-order valence-corrected chi connectivity index (χ3v) is 3.55. The van der Waals surface area contributed by atoms with Crippen LogP contribution < -0.4 is 4.74 Å². The fraction of sp³-hybridized carbons (Fsp3) is 0.158. The first kappa shape index (κ1) is 17.6. The molecule has 0 unspecified atom stereocenters. The molecule has 3 rings (SSSR count). The van der Waals surface area contributed by atoms with E-state index in [1.807, 2.05) is 30.3 Å². The summed E-state index contributed by atoms with van der Waals surface area (Å²) in [4.78, 5) is 12.0. The molecule has 1 aromatic heterocycles. The van der Waals surface area contributed by atoms with Crippen molar-refractivity contribution in [1.82, 2.24) is 9.78 Å². The maximum atomic E-state index is 12.1. The quantitative estimate of drug-likeness (QED) is 0.604. The highest BCUT2D eigenvalue weighted by Crippen LogP contribution is 2.15. The number of hydrogen-bond donors (Lipinski definition) is 0. The number of nitrogens with zero attached hydrogens (tertiary/aromatic N) is 2. The van der Waals surface area contributed by atoms with Gasteiger partial charge in [-0.25, -0.2) is 4.68 Å². The minimum atomic E-state index is -2.87. The molecule has 0 aliphatic heterocycles. The second-order valence-electron chi connectivity index (χ2n) is 5.49. The largest absolute Gasteiger partial charge is 0.461 e. The van der Waals surface area contributed by atoms with E-state index in [2.05, 4.69) is 9.84 Å². The van der Waals surface area contributed by atoms with Gasteiger partial charge in [-0.1, -0.05) is 30.3 Å². The minimum absolute atomic E-state index is 0.0562. The molecule has 0 amide bonds. The zero-order valence-electron chi connectivity index (χ0n) is 13.7. The highest BCUT2D eigenvalue weighted by Gasteiger charge is 2.09. The summed E-state index contributed by atoms with van der Waals surface area (Å²) in [5.41, 5.74) is 2.32. The third kappa shape index (κ3) is 4.89. The summed E-state index contributed by atoms with van der Waals surface area (Å²) in [5.74, 6) is -0.339. The Morgan fingerprint density at radius 1 is 1.04 bits per heavy atom. The number of hydrogen-bond acceptors (Lipinski definition) is 4. The number of esters is 1. The van der Waals surface area contributed by atoms with E-state index < -0.39 is 12.6 Å². The molecule has 0 N–H and O–H groups in total. The van der Waals surface area contributed by atoms with Crippen molar-refractivity contribution in [3.8, 4) is 11.4 Å². The van der Waals surface area contributed by atoms with Crippen molar-refractivity contribution in [2.45, 2.75) is 19.6 Å². The van der Waals surface area contributed by atoms with Gasteiger partial charge in [0, 0.05) is 11.8 Å². The molecule has 0 aliphatic rings. The summed E-state index contributed by atoms with van der Waals surface area (Å²) in [7, 11) is 0. The molecule has 26 heavy (non-hydrogen) atoms. The Morgan fingerprint density at radius 3 is 2.46 bits per heavy atom. The lowest BCUT2D eigenvalue weighted by Crippen LogP contribution is -2.07. The van der Waals surface area contributed by atoms with Crippen LogP contribution in [0.15, 0.2) is 67.0 Å². The van der Waals surface area contributed by atoms with E-state index in [9.17, 15) is 13.6 Å². The summed E-state index contributed by atoms with van der Waals surface area (Å²) in [6.45, 7) is -2.81. The molecule has 5 nitrogen and oxygen atoms in total. The molecule has 1 heterocycles. The average Bonchev–Trinajstić information content (AvgIpc) is 3.10. The molecule has 0 aliphatic carbocycles. The third-order valence-electron chi connectivity index (χ3n) is 3.55. The number of para-hydroxylation sites is 1. The molecule has 134 valence electrons. The summed E-state index contributed by atoms with van der Waals surface area (Å²) in [6.07, 6.45) is 3.48. The van der Waals surface area contributed by atoms with Crippen molar-refractivity contribution < 1.29 is 23.0 Å². The summed E-state index contributed by atoms with van der Waals surface area (Å²) < 4.78 is 35.3. The van der Waals surface area contributed by atoms with Crippen molar-refractivity contribution in [1.29, 1.82) is 0 Å². The lowest BCUT2D eigenvalue weighted by atomic mass is 10.2. The molecule has 0 saturated heterocycles. The monoisotopic (exact) mass is 358 g/mol. The highest BCUT2D eigenvalue weighted by atomic mass is 19.3. The van der Waals surface area contributed by atoms with Gasteiger partial charge in [0.2, 0.25) is 0 Å². The van der Waals surface area contributed by atoms with Crippen molar-refractivity contribution in [3.63, 3.8) is 0 Å². The van der Waals surface area contributed by atoms with Gasteiger partial charge in [0.25, 0.3) is 0 Å². The molecule has 0 spiro atoms. The maximum absolute atomic E-state index is 12.1. The number of rotatable bonds is 7. The van der Waals surface area contributed by atoms with Crippen LogP contribution in [0.5, 0.6) is 5.75 Å². The van der Waals surface area contributed by atoms with Crippen LogP contribution in [-0.4, -0.2) is 22.4 Å². The van der Waals surface area contributed by atoms with Gasteiger partial charge in [0.15, 0.2) is 0 Å². The van der Waals surface area contributed by atoms with E-state index in [4.69, 9.17) is 4.74 Å². The Bertz CT molecular complexity index is 849. The van der Waals surface area contributed by atoms with Crippen LogP contribution >= 0.6 is 0 Å². The fourth-order valence-corrected chi connectivity index (χ4v) is 2.32. The van der Waals surface area contributed by atoms with Gasteiger partial charge in [-0.15, -0.1) is 0 Å². The van der Waals surface area contributed by atoms with Crippen LogP contribution in [0.3, 0.4) is 0 Å². The number of carbonyl (C=O) groups excluding carboxylic acids is 1. The molecule has 0 bridgehead atoms. The zero-order valence-corrected chi connectivity index (χ0v) is 13.7. The second-order valence-corrected chi connectivity index (χ2v) is 5.49. The molecule has 7 heteroatoms. The Hall–Kier alpha value is -3.22. The molecular formula is C19H16F2N2O3. The van der Waals surface area contributed by atoms with Crippen molar-refractivity contribution >= 4 is 5.97 Å². The SMILES string of the molecule is O=C(Cc1cnn(-c2ccccc2)c1)OCc1ccc(OC(F)F)cc1. The lowest BCUT2D eigenvalue weighted by molar-refractivity contribution is -0.144. The molecule has 3 aromatic rings. The Morgan fingerprint density at radius 2 is 1.77 bits per heavy atom. The number of aromatic nitrogens is 2. The molecule has 0 saturated carbocycles. The smallest absolute Gasteiger partial charge is 0.387 e. The molecule has 2 aromatic carbocycles. The Labute approximate surface area is 148 Å². The van der Waals surface area contributed by atoms with Gasteiger partial charge < -0.3 is 9.47 Å². The lowest BCUT2D eigenvalue weighted by Gasteiger charge is -2.07. The van der Waals surface area contributed by atoms with E-state index in [0.717, 1.165) is 11.3 Å². The Balaban J connectivity index is 1.51. The van der Waals surface area contributed by atoms with Crippen LogP contribution in [0.1, 0.15) is 11.1 Å². The summed E-state index contributed by atoms with van der Waals surface area (Å²) >= 11 is 0. The van der Waals surface area contributed by atoms with Crippen LogP contribution in [-0.2, 0) is 22.6 Å². The second kappa shape index (κ2) is 8.24. The van der Waals surface area contributed by atoms with Crippen LogP contribution in [0.2, 0.25) is 0 Å². The van der Waals surface area contributed by atoms with Crippen LogP contribution in [0, 0.1) is 0 Å². The van der Waals surface area contributed by atoms with E-state index in [1.54, 1.807) is 29.2 Å². The van der Waals surface area contributed by atoms with Gasteiger partial charge in [-0.2, -0.15) is 13.9 Å².